The van der Waals surface area contributed by atoms with Crippen LogP contribution in [0.4, 0.5) is 18.0 Å². The van der Waals surface area contributed by atoms with Crippen molar-refractivity contribution >= 4 is 17.1 Å². The Kier molecular flexibility index (Phi) is 5.24. The minimum Gasteiger partial charge on any atom is -0.447 e. The van der Waals surface area contributed by atoms with E-state index in [1.807, 2.05) is 42.5 Å². The number of cyclic esters (lactones) is 1. The lowest BCUT2D eigenvalue weighted by molar-refractivity contribution is -0.137. The maximum absolute atomic E-state index is 13.1. The van der Waals surface area contributed by atoms with Crippen molar-refractivity contribution in [2.75, 3.05) is 6.61 Å². The SMILES string of the molecule is O=C1OC[C@H](Cc2ccccc2)N1C(c1ccc(C(F)(F)F)cc1)n1nc2ccccc2n1. The molecule has 1 saturated heterocycles. The first-order valence-electron chi connectivity index (χ1n) is 10.4. The van der Waals surface area contributed by atoms with E-state index in [0.717, 1.165) is 17.7 Å². The van der Waals surface area contributed by atoms with Crippen molar-refractivity contribution in [2.24, 2.45) is 0 Å². The van der Waals surface area contributed by atoms with E-state index in [1.165, 1.54) is 21.8 Å². The van der Waals surface area contributed by atoms with Crippen LogP contribution < -0.4 is 0 Å². The Hall–Kier alpha value is -3.88. The number of benzene rings is 3. The average Bonchev–Trinajstić information content (AvgIpc) is 3.39. The molecule has 2 heterocycles. The van der Waals surface area contributed by atoms with Crippen LogP contribution in [0.15, 0.2) is 78.9 Å². The molecular weight excluding hydrogens is 433 g/mol. The molecule has 0 spiro atoms. The highest BCUT2D eigenvalue weighted by Crippen LogP contribution is 2.34. The van der Waals surface area contributed by atoms with Crippen molar-refractivity contribution < 1.29 is 22.7 Å². The normalized spacial score (nSPS) is 17.4. The van der Waals surface area contributed by atoms with Gasteiger partial charge >= 0.3 is 12.3 Å². The summed E-state index contributed by atoms with van der Waals surface area (Å²) in [5, 5.41) is 9.03. The first-order valence-corrected chi connectivity index (χ1v) is 10.4. The van der Waals surface area contributed by atoms with Crippen molar-refractivity contribution in [3.05, 3.63) is 95.6 Å². The number of aromatic nitrogens is 3. The zero-order valence-corrected chi connectivity index (χ0v) is 17.3. The number of carbonyl (C=O) groups excluding carboxylic acids is 1. The third kappa shape index (κ3) is 4.13. The molecule has 5 rings (SSSR count). The van der Waals surface area contributed by atoms with E-state index >= 15 is 0 Å². The molecule has 0 N–H and O–H groups in total. The van der Waals surface area contributed by atoms with Crippen molar-refractivity contribution in [3.8, 4) is 0 Å². The molecule has 0 saturated carbocycles. The summed E-state index contributed by atoms with van der Waals surface area (Å²) in [4.78, 5) is 15.7. The number of hydrogen-bond acceptors (Lipinski definition) is 4. The van der Waals surface area contributed by atoms with Crippen molar-refractivity contribution in [1.82, 2.24) is 19.9 Å². The molecule has 2 atom stereocenters. The van der Waals surface area contributed by atoms with E-state index in [4.69, 9.17) is 4.74 Å². The van der Waals surface area contributed by atoms with E-state index in [1.54, 1.807) is 12.1 Å². The topological polar surface area (TPSA) is 60.2 Å². The van der Waals surface area contributed by atoms with Gasteiger partial charge in [0.25, 0.3) is 0 Å². The maximum Gasteiger partial charge on any atom is 0.416 e. The minimum atomic E-state index is -4.46. The second-order valence-corrected chi connectivity index (χ2v) is 7.83. The smallest absolute Gasteiger partial charge is 0.416 e. The van der Waals surface area contributed by atoms with Crippen LogP contribution in [0.3, 0.4) is 0 Å². The third-order valence-electron chi connectivity index (χ3n) is 5.64. The first-order chi connectivity index (χ1) is 15.9. The number of nitrogens with zero attached hydrogens (tertiary/aromatic N) is 4. The summed E-state index contributed by atoms with van der Waals surface area (Å²) in [6.07, 6.45) is -5.38. The van der Waals surface area contributed by atoms with Crippen molar-refractivity contribution in [3.63, 3.8) is 0 Å². The second-order valence-electron chi connectivity index (χ2n) is 7.83. The molecule has 1 aromatic heterocycles. The number of amides is 1. The number of alkyl halides is 3. The van der Waals surface area contributed by atoms with Gasteiger partial charge in [0, 0.05) is 0 Å². The molecule has 1 aliphatic rings. The molecule has 0 bridgehead atoms. The average molecular weight is 452 g/mol. The molecule has 9 heteroatoms. The number of fused-ring (bicyclic) bond motifs is 1. The zero-order valence-electron chi connectivity index (χ0n) is 17.3. The van der Waals surface area contributed by atoms with Crippen LogP contribution in [-0.4, -0.2) is 38.6 Å². The van der Waals surface area contributed by atoms with Crippen LogP contribution in [0, 0.1) is 0 Å². The second kappa shape index (κ2) is 8.23. The van der Waals surface area contributed by atoms with Gasteiger partial charge < -0.3 is 4.74 Å². The number of halogens is 3. The summed E-state index contributed by atoms with van der Waals surface area (Å²) in [5.74, 6) is 0. The Labute approximate surface area is 187 Å². The number of carbonyl (C=O) groups is 1. The van der Waals surface area contributed by atoms with Gasteiger partial charge in [-0.1, -0.05) is 54.6 Å². The summed E-state index contributed by atoms with van der Waals surface area (Å²) >= 11 is 0. The zero-order chi connectivity index (χ0) is 23.0. The molecule has 168 valence electrons. The fourth-order valence-electron chi connectivity index (χ4n) is 4.05. The summed E-state index contributed by atoms with van der Waals surface area (Å²) in [6.45, 7) is 0.158. The van der Waals surface area contributed by atoms with Gasteiger partial charge in [0.2, 0.25) is 0 Å². The van der Waals surface area contributed by atoms with Crippen LogP contribution >= 0.6 is 0 Å². The van der Waals surface area contributed by atoms with Crippen molar-refractivity contribution in [1.29, 1.82) is 0 Å². The van der Waals surface area contributed by atoms with E-state index in [0.29, 0.717) is 23.0 Å². The van der Waals surface area contributed by atoms with Crippen LogP contribution in [-0.2, 0) is 17.3 Å². The fraction of sp³-hybridized carbons (Fsp3) is 0.208. The number of rotatable bonds is 5. The van der Waals surface area contributed by atoms with Crippen LogP contribution in [0.1, 0.15) is 22.9 Å². The molecule has 1 aliphatic heterocycles. The molecule has 0 radical (unpaired) electrons. The highest BCUT2D eigenvalue weighted by atomic mass is 19.4. The molecule has 1 amide bonds. The van der Waals surface area contributed by atoms with Gasteiger partial charge in [0.15, 0.2) is 6.17 Å². The van der Waals surface area contributed by atoms with Crippen LogP contribution in [0.2, 0.25) is 0 Å². The van der Waals surface area contributed by atoms with E-state index in [2.05, 4.69) is 10.2 Å². The molecular formula is C24H19F3N4O2. The Bertz CT molecular complexity index is 1240. The highest BCUT2D eigenvalue weighted by molar-refractivity contribution is 5.73. The lowest BCUT2D eigenvalue weighted by atomic mass is 10.0. The predicted molar refractivity (Wildman–Crippen MR) is 114 cm³/mol. The number of hydrogen-bond donors (Lipinski definition) is 0. The van der Waals surface area contributed by atoms with Crippen LogP contribution in [0.5, 0.6) is 0 Å². The van der Waals surface area contributed by atoms with Gasteiger partial charge in [-0.05, 0) is 41.8 Å². The predicted octanol–water partition coefficient (Wildman–Crippen LogP) is 5.06. The van der Waals surface area contributed by atoms with Gasteiger partial charge in [-0.2, -0.15) is 28.2 Å². The Balaban J connectivity index is 1.58. The van der Waals surface area contributed by atoms with Gasteiger partial charge in [-0.3, -0.25) is 4.90 Å². The maximum atomic E-state index is 13.1. The van der Waals surface area contributed by atoms with Gasteiger partial charge in [-0.25, -0.2) is 4.79 Å². The highest BCUT2D eigenvalue weighted by Gasteiger charge is 2.41. The quantitative estimate of drug-likeness (QED) is 0.425. The summed E-state index contributed by atoms with van der Waals surface area (Å²) < 4.78 is 44.8. The minimum absolute atomic E-state index is 0.158. The number of ether oxygens (including phenoxy) is 1. The summed E-state index contributed by atoms with van der Waals surface area (Å²) in [7, 11) is 0. The monoisotopic (exact) mass is 452 g/mol. The van der Waals surface area contributed by atoms with Gasteiger partial charge in [0.05, 0.1) is 11.6 Å². The van der Waals surface area contributed by atoms with Gasteiger partial charge in [0.1, 0.15) is 17.6 Å². The third-order valence-corrected chi connectivity index (χ3v) is 5.64. The summed E-state index contributed by atoms with van der Waals surface area (Å²) in [6, 6.07) is 21.2. The molecule has 0 aliphatic carbocycles. The lowest BCUT2D eigenvalue weighted by Crippen LogP contribution is -2.42. The standard InChI is InChI=1S/C24H19F3N4O2/c25-24(26,27)18-12-10-17(11-13-18)22(31-28-20-8-4-5-9-21(20)29-31)30-19(15-33-23(30)32)14-16-6-2-1-3-7-16/h1-13,19,22H,14-15H2/t19-,22?/m0/s1. The molecule has 1 fully saturated rings. The molecule has 4 aromatic rings. The molecule has 6 nitrogen and oxygen atoms in total. The molecule has 1 unspecified atom stereocenters. The fourth-order valence-corrected chi connectivity index (χ4v) is 4.05. The summed E-state index contributed by atoms with van der Waals surface area (Å²) in [5.41, 5.74) is 1.91. The molecule has 3 aromatic carbocycles. The molecule has 33 heavy (non-hydrogen) atoms. The first kappa shape index (κ1) is 21.0. The van der Waals surface area contributed by atoms with E-state index < -0.39 is 24.0 Å². The van der Waals surface area contributed by atoms with E-state index in [-0.39, 0.29) is 12.6 Å². The van der Waals surface area contributed by atoms with Crippen LogP contribution in [0.25, 0.3) is 11.0 Å². The Morgan fingerprint density at radius 2 is 1.52 bits per heavy atom. The Morgan fingerprint density at radius 1 is 0.909 bits per heavy atom. The largest absolute Gasteiger partial charge is 0.447 e. The van der Waals surface area contributed by atoms with E-state index in [9.17, 15) is 18.0 Å². The Morgan fingerprint density at radius 3 is 2.12 bits per heavy atom. The van der Waals surface area contributed by atoms with Crippen molar-refractivity contribution in [2.45, 2.75) is 24.8 Å². The lowest BCUT2D eigenvalue weighted by Gasteiger charge is -2.30. The van der Waals surface area contributed by atoms with Gasteiger partial charge in [-0.15, -0.1) is 0 Å².